The summed E-state index contributed by atoms with van der Waals surface area (Å²) in [6.45, 7) is 1.85. The van der Waals surface area contributed by atoms with Gasteiger partial charge < -0.3 is 10.6 Å². The third-order valence-corrected chi connectivity index (χ3v) is 4.65. The second kappa shape index (κ2) is 8.97. The Hall–Kier alpha value is -3.17. The van der Waals surface area contributed by atoms with Crippen LogP contribution in [0, 0.1) is 11.3 Å². The first-order valence-corrected chi connectivity index (χ1v) is 9.01. The summed E-state index contributed by atoms with van der Waals surface area (Å²) in [6.07, 6.45) is 0.721. The zero-order chi connectivity index (χ0) is 19.1. The van der Waals surface area contributed by atoms with Crippen molar-refractivity contribution in [3.8, 4) is 6.07 Å². The van der Waals surface area contributed by atoms with Crippen molar-refractivity contribution in [2.45, 2.75) is 18.9 Å². The summed E-state index contributed by atoms with van der Waals surface area (Å²) in [4.78, 5) is 26.5. The van der Waals surface area contributed by atoms with Gasteiger partial charge in [0.1, 0.15) is 0 Å². The summed E-state index contributed by atoms with van der Waals surface area (Å²) in [6, 6.07) is 18.7. The Kier molecular flexibility index (Phi) is 6.18. The molecule has 1 atom stereocenters. The van der Waals surface area contributed by atoms with Crippen molar-refractivity contribution >= 4 is 17.5 Å². The molecule has 2 aromatic carbocycles. The van der Waals surface area contributed by atoms with Crippen molar-refractivity contribution in [3.05, 3.63) is 65.7 Å². The lowest BCUT2D eigenvalue weighted by molar-refractivity contribution is -0.121. The lowest BCUT2D eigenvalue weighted by Crippen LogP contribution is -2.33. The first-order valence-electron chi connectivity index (χ1n) is 9.01. The highest BCUT2D eigenvalue weighted by Gasteiger charge is 2.26. The van der Waals surface area contributed by atoms with Gasteiger partial charge in [0.2, 0.25) is 11.8 Å². The van der Waals surface area contributed by atoms with E-state index < -0.39 is 0 Å². The maximum Gasteiger partial charge on any atom is 0.225 e. The van der Waals surface area contributed by atoms with Crippen LogP contribution < -0.4 is 10.6 Å². The molecule has 0 bridgehead atoms. The predicted molar refractivity (Wildman–Crippen MR) is 103 cm³/mol. The molecule has 27 heavy (non-hydrogen) atoms. The number of hydrogen-bond donors (Lipinski definition) is 2. The van der Waals surface area contributed by atoms with Crippen LogP contribution in [0.2, 0.25) is 0 Å². The van der Waals surface area contributed by atoms with Gasteiger partial charge in [0.25, 0.3) is 0 Å². The topological polar surface area (TPSA) is 85.2 Å². The van der Waals surface area contributed by atoms with Gasteiger partial charge in [0, 0.05) is 44.2 Å². The molecule has 1 saturated heterocycles. The van der Waals surface area contributed by atoms with Crippen LogP contribution in [0.25, 0.3) is 0 Å². The van der Waals surface area contributed by atoms with Gasteiger partial charge in [-0.25, -0.2) is 0 Å². The average molecular weight is 362 g/mol. The SMILES string of the molecule is N#Cc1ccc(NC(=O)CCN2CCNC(=O)C[C@@H]2c2ccccc2)cc1. The highest BCUT2D eigenvalue weighted by molar-refractivity contribution is 5.90. The molecule has 1 heterocycles. The number of benzene rings is 2. The van der Waals surface area contributed by atoms with E-state index in [1.165, 1.54) is 0 Å². The number of amides is 2. The van der Waals surface area contributed by atoms with Crippen molar-refractivity contribution in [3.63, 3.8) is 0 Å². The van der Waals surface area contributed by atoms with Gasteiger partial charge >= 0.3 is 0 Å². The Bertz CT molecular complexity index is 828. The van der Waals surface area contributed by atoms with Gasteiger partial charge in [-0.3, -0.25) is 14.5 Å². The maximum absolute atomic E-state index is 12.3. The van der Waals surface area contributed by atoms with E-state index in [4.69, 9.17) is 5.26 Å². The molecule has 0 aromatic heterocycles. The van der Waals surface area contributed by atoms with E-state index in [1.54, 1.807) is 24.3 Å². The zero-order valence-corrected chi connectivity index (χ0v) is 15.0. The number of nitriles is 1. The van der Waals surface area contributed by atoms with E-state index >= 15 is 0 Å². The predicted octanol–water partition coefficient (Wildman–Crippen LogP) is 2.45. The molecule has 2 N–H and O–H groups in total. The fourth-order valence-electron chi connectivity index (χ4n) is 3.24. The number of anilines is 1. The van der Waals surface area contributed by atoms with Crippen LogP contribution in [-0.4, -0.2) is 36.3 Å². The fraction of sp³-hybridized carbons (Fsp3) is 0.286. The molecule has 3 rings (SSSR count). The Labute approximate surface area is 158 Å². The highest BCUT2D eigenvalue weighted by Crippen LogP contribution is 2.25. The van der Waals surface area contributed by atoms with E-state index in [0.717, 1.165) is 5.56 Å². The number of nitrogens with zero attached hydrogens (tertiary/aromatic N) is 2. The molecule has 2 aromatic rings. The average Bonchev–Trinajstić information content (AvgIpc) is 2.89. The number of hydrogen-bond acceptors (Lipinski definition) is 4. The standard InChI is InChI=1S/C21H22N4O2/c22-15-16-6-8-18(9-7-16)24-20(26)10-12-25-13-11-23-21(27)14-19(25)17-4-2-1-3-5-17/h1-9,19H,10-14H2,(H,23,27)(H,24,26)/t19-/m1/s1. The molecular weight excluding hydrogens is 340 g/mol. The van der Waals surface area contributed by atoms with Gasteiger partial charge in [-0.1, -0.05) is 30.3 Å². The van der Waals surface area contributed by atoms with Crippen LogP contribution in [0.4, 0.5) is 5.69 Å². The molecule has 6 nitrogen and oxygen atoms in total. The van der Waals surface area contributed by atoms with Crippen molar-refractivity contribution in [2.24, 2.45) is 0 Å². The van der Waals surface area contributed by atoms with Crippen molar-refractivity contribution in [1.29, 1.82) is 5.26 Å². The monoisotopic (exact) mass is 362 g/mol. The first kappa shape index (κ1) is 18.6. The lowest BCUT2D eigenvalue weighted by Gasteiger charge is -2.29. The Balaban J connectivity index is 1.62. The smallest absolute Gasteiger partial charge is 0.225 e. The van der Waals surface area contributed by atoms with E-state index in [9.17, 15) is 9.59 Å². The minimum Gasteiger partial charge on any atom is -0.355 e. The number of rotatable bonds is 5. The Morgan fingerprint density at radius 1 is 1.19 bits per heavy atom. The van der Waals surface area contributed by atoms with E-state index in [0.29, 0.717) is 43.7 Å². The Morgan fingerprint density at radius 2 is 1.93 bits per heavy atom. The van der Waals surface area contributed by atoms with E-state index in [2.05, 4.69) is 21.6 Å². The highest BCUT2D eigenvalue weighted by atomic mass is 16.2. The first-order chi connectivity index (χ1) is 13.2. The second-order valence-corrected chi connectivity index (χ2v) is 6.50. The molecule has 0 saturated carbocycles. The molecule has 1 fully saturated rings. The normalized spacial score (nSPS) is 17.4. The summed E-state index contributed by atoms with van der Waals surface area (Å²) in [5.74, 6) is -0.0524. The molecule has 1 aliphatic heterocycles. The van der Waals surface area contributed by atoms with Gasteiger partial charge in [-0.2, -0.15) is 5.26 Å². The molecule has 0 radical (unpaired) electrons. The van der Waals surface area contributed by atoms with Crippen molar-refractivity contribution < 1.29 is 9.59 Å². The summed E-state index contributed by atoms with van der Waals surface area (Å²) in [5, 5.41) is 14.6. The largest absolute Gasteiger partial charge is 0.355 e. The molecule has 0 spiro atoms. The summed E-state index contributed by atoms with van der Waals surface area (Å²) >= 11 is 0. The molecular formula is C21H22N4O2. The second-order valence-electron chi connectivity index (χ2n) is 6.50. The quantitative estimate of drug-likeness (QED) is 0.856. The van der Waals surface area contributed by atoms with Crippen LogP contribution in [0.5, 0.6) is 0 Å². The van der Waals surface area contributed by atoms with Crippen LogP contribution >= 0.6 is 0 Å². The third kappa shape index (κ3) is 5.16. The third-order valence-electron chi connectivity index (χ3n) is 4.65. The van der Waals surface area contributed by atoms with E-state index in [1.807, 2.05) is 30.3 Å². The van der Waals surface area contributed by atoms with Gasteiger partial charge in [-0.15, -0.1) is 0 Å². The van der Waals surface area contributed by atoms with Gasteiger partial charge in [-0.05, 0) is 29.8 Å². The molecule has 6 heteroatoms. The van der Waals surface area contributed by atoms with Crippen LogP contribution in [-0.2, 0) is 9.59 Å². The van der Waals surface area contributed by atoms with Crippen LogP contribution in [0.3, 0.4) is 0 Å². The molecule has 1 aliphatic rings. The number of carbonyl (C=O) groups excluding carboxylic acids is 2. The number of nitrogens with one attached hydrogen (secondary N) is 2. The van der Waals surface area contributed by atoms with E-state index in [-0.39, 0.29) is 17.9 Å². The minimum absolute atomic E-state index is 0.0311. The molecule has 2 amide bonds. The van der Waals surface area contributed by atoms with Crippen LogP contribution in [0.15, 0.2) is 54.6 Å². The lowest BCUT2D eigenvalue weighted by atomic mass is 10.0. The van der Waals surface area contributed by atoms with Crippen molar-refractivity contribution in [2.75, 3.05) is 25.0 Å². The summed E-state index contributed by atoms with van der Waals surface area (Å²) < 4.78 is 0. The zero-order valence-electron chi connectivity index (χ0n) is 15.0. The Morgan fingerprint density at radius 3 is 2.63 bits per heavy atom. The summed E-state index contributed by atoms with van der Waals surface area (Å²) in [5.41, 5.74) is 2.31. The molecule has 0 unspecified atom stereocenters. The minimum atomic E-state index is -0.0879. The van der Waals surface area contributed by atoms with Crippen LogP contribution in [0.1, 0.15) is 30.0 Å². The summed E-state index contributed by atoms with van der Waals surface area (Å²) in [7, 11) is 0. The van der Waals surface area contributed by atoms with Crippen molar-refractivity contribution in [1.82, 2.24) is 10.2 Å². The molecule has 138 valence electrons. The van der Waals surface area contributed by atoms with Gasteiger partial charge in [0.05, 0.1) is 11.6 Å². The maximum atomic E-state index is 12.3. The van der Waals surface area contributed by atoms with Gasteiger partial charge in [0.15, 0.2) is 0 Å². The molecule has 0 aliphatic carbocycles. The fourth-order valence-corrected chi connectivity index (χ4v) is 3.24. The number of carbonyl (C=O) groups is 2.